The topological polar surface area (TPSA) is 78.9 Å². The number of methoxy groups -OCH3 is 1. The number of hydrogen-bond donors (Lipinski definition) is 1. The highest BCUT2D eigenvalue weighted by Crippen LogP contribution is 2.36. The zero-order valence-corrected chi connectivity index (χ0v) is 16.8. The van der Waals surface area contributed by atoms with Crippen molar-refractivity contribution in [2.45, 2.75) is 19.6 Å². The summed E-state index contributed by atoms with van der Waals surface area (Å²) in [6.07, 6.45) is -0.626. The zero-order chi connectivity index (χ0) is 20.2. The van der Waals surface area contributed by atoms with E-state index >= 15 is 0 Å². The van der Waals surface area contributed by atoms with E-state index in [2.05, 4.69) is 10.3 Å². The Hall–Kier alpha value is -3.10. The lowest BCUT2D eigenvalue weighted by Gasteiger charge is -2.12. The summed E-state index contributed by atoms with van der Waals surface area (Å²) < 4.78 is 21.6. The lowest BCUT2D eigenvalue weighted by molar-refractivity contribution is -0.127. The average Bonchev–Trinajstić information content (AvgIpc) is 3.40. The minimum Gasteiger partial charge on any atom is -0.497 e. The second-order valence-electron chi connectivity index (χ2n) is 6.40. The van der Waals surface area contributed by atoms with Crippen LogP contribution in [0.4, 0.5) is 5.13 Å². The van der Waals surface area contributed by atoms with Gasteiger partial charge in [-0.2, -0.15) is 0 Å². The molecule has 0 spiro atoms. The molecule has 150 valence electrons. The van der Waals surface area contributed by atoms with Crippen LogP contribution in [0.3, 0.4) is 0 Å². The number of nitrogens with zero attached hydrogens (tertiary/aromatic N) is 1. The standard InChI is InChI=1S/C21H20N2O5S/c1-13(26-10-14-4-3-5-16(8-14)25-2)20(24)23-21-22-17(11-29-21)15-6-7-18-19(9-15)28-12-27-18/h3-9,11,13H,10,12H2,1-2H3,(H,22,23,24). The van der Waals surface area contributed by atoms with Crippen molar-refractivity contribution < 1.29 is 23.7 Å². The van der Waals surface area contributed by atoms with E-state index in [-0.39, 0.29) is 12.7 Å². The fourth-order valence-corrected chi connectivity index (χ4v) is 3.51. The molecule has 1 N–H and O–H groups in total. The van der Waals surface area contributed by atoms with E-state index in [1.807, 2.05) is 47.8 Å². The maximum atomic E-state index is 12.4. The molecule has 0 radical (unpaired) electrons. The molecule has 0 saturated carbocycles. The molecule has 7 nitrogen and oxygen atoms in total. The third-order valence-electron chi connectivity index (χ3n) is 4.41. The molecule has 0 aliphatic carbocycles. The van der Waals surface area contributed by atoms with Gasteiger partial charge in [-0.1, -0.05) is 12.1 Å². The Bertz CT molecular complexity index is 1020. The van der Waals surface area contributed by atoms with Crippen LogP contribution >= 0.6 is 11.3 Å². The van der Waals surface area contributed by atoms with Gasteiger partial charge >= 0.3 is 0 Å². The van der Waals surface area contributed by atoms with Crippen LogP contribution in [0.15, 0.2) is 47.8 Å². The number of amides is 1. The number of hydrogen-bond acceptors (Lipinski definition) is 7. The molecular weight excluding hydrogens is 392 g/mol. The number of anilines is 1. The number of benzene rings is 2. The highest BCUT2D eigenvalue weighted by molar-refractivity contribution is 7.14. The Morgan fingerprint density at radius 1 is 1.24 bits per heavy atom. The van der Waals surface area contributed by atoms with Crippen molar-refractivity contribution in [3.05, 3.63) is 53.4 Å². The summed E-state index contributed by atoms with van der Waals surface area (Å²) >= 11 is 1.36. The Morgan fingerprint density at radius 3 is 2.97 bits per heavy atom. The van der Waals surface area contributed by atoms with Gasteiger partial charge in [-0.3, -0.25) is 10.1 Å². The molecular formula is C21H20N2O5S. The summed E-state index contributed by atoms with van der Waals surface area (Å²) in [6, 6.07) is 13.2. The quantitative estimate of drug-likeness (QED) is 0.630. The Morgan fingerprint density at radius 2 is 2.10 bits per heavy atom. The van der Waals surface area contributed by atoms with Crippen molar-refractivity contribution in [2.24, 2.45) is 0 Å². The Labute approximate surface area is 172 Å². The first-order valence-electron chi connectivity index (χ1n) is 9.03. The van der Waals surface area contributed by atoms with Crippen LogP contribution < -0.4 is 19.5 Å². The molecule has 1 unspecified atom stereocenters. The van der Waals surface area contributed by atoms with Crippen LogP contribution in [0, 0.1) is 0 Å². The smallest absolute Gasteiger partial charge is 0.255 e. The zero-order valence-electron chi connectivity index (χ0n) is 16.0. The molecule has 1 aromatic heterocycles. The number of nitrogens with one attached hydrogen (secondary N) is 1. The molecule has 0 saturated heterocycles. The number of carbonyl (C=O) groups is 1. The maximum absolute atomic E-state index is 12.4. The summed E-state index contributed by atoms with van der Waals surface area (Å²) in [4.78, 5) is 16.9. The lowest BCUT2D eigenvalue weighted by Crippen LogP contribution is -2.27. The van der Waals surface area contributed by atoms with Gasteiger partial charge in [0.15, 0.2) is 16.6 Å². The van der Waals surface area contributed by atoms with Gasteiger partial charge < -0.3 is 18.9 Å². The molecule has 0 bridgehead atoms. The fourth-order valence-electron chi connectivity index (χ4n) is 2.79. The second kappa shape index (κ2) is 8.50. The molecule has 1 amide bonds. The summed E-state index contributed by atoms with van der Waals surface area (Å²) in [7, 11) is 1.61. The molecule has 1 atom stereocenters. The van der Waals surface area contributed by atoms with Crippen LogP contribution in [0.5, 0.6) is 17.2 Å². The van der Waals surface area contributed by atoms with Gasteiger partial charge in [0.25, 0.3) is 5.91 Å². The number of thiazole rings is 1. The molecule has 3 aromatic rings. The number of ether oxygens (including phenoxy) is 4. The molecule has 0 fully saturated rings. The second-order valence-corrected chi connectivity index (χ2v) is 7.26. The molecule has 8 heteroatoms. The summed E-state index contributed by atoms with van der Waals surface area (Å²) in [5, 5.41) is 5.20. The van der Waals surface area contributed by atoms with Gasteiger partial charge in [0.1, 0.15) is 11.9 Å². The van der Waals surface area contributed by atoms with E-state index in [1.165, 1.54) is 11.3 Å². The monoisotopic (exact) mass is 412 g/mol. The van der Waals surface area contributed by atoms with E-state index in [0.29, 0.717) is 17.5 Å². The van der Waals surface area contributed by atoms with Crippen molar-refractivity contribution >= 4 is 22.4 Å². The highest BCUT2D eigenvalue weighted by Gasteiger charge is 2.18. The molecule has 2 aromatic carbocycles. The fraction of sp³-hybridized carbons (Fsp3) is 0.238. The minimum atomic E-state index is -0.626. The molecule has 2 heterocycles. The lowest BCUT2D eigenvalue weighted by atomic mass is 10.1. The summed E-state index contributed by atoms with van der Waals surface area (Å²) in [5.41, 5.74) is 2.59. The first-order valence-corrected chi connectivity index (χ1v) is 9.91. The van der Waals surface area contributed by atoms with Gasteiger partial charge in [-0.25, -0.2) is 4.98 Å². The molecule has 1 aliphatic rings. The molecule has 4 rings (SSSR count). The number of rotatable bonds is 7. The third kappa shape index (κ3) is 4.49. The van der Waals surface area contributed by atoms with Gasteiger partial charge in [0.2, 0.25) is 6.79 Å². The predicted molar refractivity (Wildman–Crippen MR) is 110 cm³/mol. The Kier molecular flexibility index (Phi) is 5.64. The van der Waals surface area contributed by atoms with Crippen LogP contribution in [0.2, 0.25) is 0 Å². The van der Waals surface area contributed by atoms with E-state index in [0.717, 1.165) is 28.3 Å². The van der Waals surface area contributed by atoms with E-state index in [9.17, 15) is 4.79 Å². The van der Waals surface area contributed by atoms with E-state index in [1.54, 1.807) is 14.0 Å². The van der Waals surface area contributed by atoms with Crippen molar-refractivity contribution in [3.8, 4) is 28.5 Å². The largest absolute Gasteiger partial charge is 0.497 e. The normalized spacial score (nSPS) is 13.2. The van der Waals surface area contributed by atoms with Gasteiger partial charge in [0.05, 0.1) is 19.4 Å². The SMILES string of the molecule is COc1cccc(COC(C)C(=O)Nc2nc(-c3ccc4c(c3)OCO4)cs2)c1. The third-order valence-corrected chi connectivity index (χ3v) is 5.16. The van der Waals surface area contributed by atoms with Crippen LogP contribution in [0.25, 0.3) is 11.3 Å². The first kappa shape index (κ1) is 19.2. The first-order chi connectivity index (χ1) is 14.1. The average molecular weight is 412 g/mol. The van der Waals surface area contributed by atoms with E-state index in [4.69, 9.17) is 18.9 Å². The number of carbonyl (C=O) groups excluding carboxylic acids is 1. The number of aromatic nitrogens is 1. The van der Waals surface area contributed by atoms with E-state index < -0.39 is 6.10 Å². The summed E-state index contributed by atoms with van der Waals surface area (Å²) in [6.45, 7) is 2.25. The van der Waals surface area contributed by atoms with Crippen molar-refractivity contribution in [1.82, 2.24) is 4.98 Å². The van der Waals surface area contributed by atoms with Gasteiger partial charge in [-0.05, 0) is 42.8 Å². The predicted octanol–water partition coefficient (Wildman–Crippen LogP) is 4.09. The minimum absolute atomic E-state index is 0.227. The molecule has 1 aliphatic heterocycles. The molecule has 29 heavy (non-hydrogen) atoms. The van der Waals surface area contributed by atoms with Crippen LogP contribution in [0.1, 0.15) is 12.5 Å². The van der Waals surface area contributed by atoms with Gasteiger partial charge in [0, 0.05) is 10.9 Å². The van der Waals surface area contributed by atoms with Crippen molar-refractivity contribution in [3.63, 3.8) is 0 Å². The van der Waals surface area contributed by atoms with Crippen LogP contribution in [-0.4, -0.2) is 30.9 Å². The van der Waals surface area contributed by atoms with Crippen molar-refractivity contribution in [2.75, 3.05) is 19.2 Å². The Balaban J connectivity index is 1.34. The van der Waals surface area contributed by atoms with Crippen molar-refractivity contribution in [1.29, 1.82) is 0 Å². The summed E-state index contributed by atoms with van der Waals surface area (Å²) in [5.74, 6) is 1.92. The maximum Gasteiger partial charge on any atom is 0.255 e. The number of fused-ring (bicyclic) bond motifs is 1. The van der Waals surface area contributed by atoms with Gasteiger partial charge in [-0.15, -0.1) is 11.3 Å². The highest BCUT2D eigenvalue weighted by atomic mass is 32.1. The van der Waals surface area contributed by atoms with Crippen LogP contribution in [-0.2, 0) is 16.1 Å².